The number of carbonyl (C=O) groups is 4. The van der Waals surface area contributed by atoms with Gasteiger partial charge >= 0.3 is 12.0 Å². The van der Waals surface area contributed by atoms with E-state index in [1.807, 2.05) is 6.07 Å². The number of hydrogen-bond acceptors (Lipinski definition) is 5. The molecule has 2 fully saturated rings. The summed E-state index contributed by atoms with van der Waals surface area (Å²) in [6.07, 6.45) is 1.72. The van der Waals surface area contributed by atoms with Crippen LogP contribution in [-0.2, 0) is 19.1 Å². The van der Waals surface area contributed by atoms with Gasteiger partial charge in [-0.15, -0.1) is 0 Å². The smallest absolute Gasteiger partial charge is 0.327 e. The third kappa shape index (κ3) is 5.06. The zero-order valence-electron chi connectivity index (χ0n) is 18.6. The van der Waals surface area contributed by atoms with Crippen molar-refractivity contribution in [2.45, 2.75) is 65.0 Å². The van der Waals surface area contributed by atoms with Crippen LogP contribution in [0.1, 0.15) is 53.4 Å². The van der Waals surface area contributed by atoms with Crippen LogP contribution in [0.5, 0.6) is 0 Å². The molecule has 1 aliphatic carbocycles. The molecule has 8 nitrogen and oxygen atoms in total. The fourth-order valence-corrected chi connectivity index (χ4v) is 4.32. The van der Waals surface area contributed by atoms with Gasteiger partial charge in [-0.25, -0.2) is 4.79 Å². The van der Waals surface area contributed by atoms with E-state index in [0.29, 0.717) is 24.4 Å². The molecule has 1 aromatic carbocycles. The van der Waals surface area contributed by atoms with Gasteiger partial charge in [0.25, 0.3) is 11.8 Å². The standard InChI is InChI=1S/C23H31N3O5/c1-15(19(28)24-17-8-6-5-7-9-17)31-18(27)14-26-20(29)23(25-21(26)30)12-10-16(11-13-23)22(2,3)4/h5-9,15-16H,10-14H2,1-4H3,(H,24,28)(H,25,30)/t15-,16?,23?/m0/s1. The Balaban J connectivity index is 1.55. The number of carbonyl (C=O) groups excluding carboxylic acids is 4. The lowest BCUT2D eigenvalue weighted by atomic mass is 9.67. The van der Waals surface area contributed by atoms with Crippen molar-refractivity contribution in [1.29, 1.82) is 0 Å². The number of imide groups is 1. The predicted octanol–water partition coefficient (Wildman–Crippen LogP) is 3.08. The van der Waals surface area contributed by atoms with E-state index in [-0.39, 0.29) is 11.3 Å². The maximum absolute atomic E-state index is 13.0. The van der Waals surface area contributed by atoms with Crippen LogP contribution in [0.4, 0.5) is 10.5 Å². The topological polar surface area (TPSA) is 105 Å². The highest BCUT2D eigenvalue weighted by Crippen LogP contribution is 2.43. The van der Waals surface area contributed by atoms with Gasteiger partial charge < -0.3 is 15.4 Å². The average Bonchev–Trinajstić information content (AvgIpc) is 2.92. The van der Waals surface area contributed by atoms with E-state index in [4.69, 9.17) is 4.74 Å². The van der Waals surface area contributed by atoms with E-state index in [9.17, 15) is 19.2 Å². The van der Waals surface area contributed by atoms with Crippen molar-refractivity contribution >= 4 is 29.5 Å². The number of urea groups is 1. The van der Waals surface area contributed by atoms with Crippen molar-refractivity contribution in [3.63, 3.8) is 0 Å². The number of nitrogens with one attached hydrogen (secondary N) is 2. The van der Waals surface area contributed by atoms with Crippen molar-refractivity contribution in [1.82, 2.24) is 10.2 Å². The molecule has 0 aromatic heterocycles. The monoisotopic (exact) mass is 429 g/mol. The van der Waals surface area contributed by atoms with Crippen molar-refractivity contribution in [2.24, 2.45) is 11.3 Å². The highest BCUT2D eigenvalue weighted by atomic mass is 16.5. The third-order valence-corrected chi connectivity index (χ3v) is 6.32. The second-order valence-corrected chi connectivity index (χ2v) is 9.53. The first kappa shape index (κ1) is 22.8. The Kier molecular flexibility index (Phi) is 6.38. The van der Waals surface area contributed by atoms with E-state index in [0.717, 1.165) is 17.7 Å². The number of esters is 1. The summed E-state index contributed by atoms with van der Waals surface area (Å²) in [5.41, 5.74) is -0.208. The van der Waals surface area contributed by atoms with Crippen molar-refractivity contribution < 1.29 is 23.9 Å². The van der Waals surface area contributed by atoms with Crippen molar-refractivity contribution in [3.8, 4) is 0 Å². The number of hydrogen-bond donors (Lipinski definition) is 2. The van der Waals surface area contributed by atoms with Gasteiger partial charge in [-0.3, -0.25) is 19.3 Å². The normalized spacial score (nSPS) is 24.6. The van der Waals surface area contributed by atoms with Crippen molar-refractivity contribution in [2.75, 3.05) is 11.9 Å². The Morgan fingerprint density at radius 2 is 1.81 bits per heavy atom. The van der Waals surface area contributed by atoms with Crippen LogP contribution in [0, 0.1) is 11.3 Å². The van der Waals surface area contributed by atoms with Gasteiger partial charge in [-0.05, 0) is 56.1 Å². The van der Waals surface area contributed by atoms with Crippen LogP contribution < -0.4 is 10.6 Å². The lowest BCUT2D eigenvalue weighted by Gasteiger charge is -2.40. The highest BCUT2D eigenvalue weighted by molar-refractivity contribution is 6.08. The Morgan fingerprint density at radius 3 is 2.39 bits per heavy atom. The second-order valence-electron chi connectivity index (χ2n) is 9.53. The second kappa shape index (κ2) is 8.69. The minimum Gasteiger partial charge on any atom is -0.451 e. The Morgan fingerprint density at radius 1 is 1.19 bits per heavy atom. The summed E-state index contributed by atoms with van der Waals surface area (Å²) in [4.78, 5) is 50.9. The Bertz CT molecular complexity index is 854. The van der Waals surface area contributed by atoms with E-state index >= 15 is 0 Å². The number of benzene rings is 1. The van der Waals surface area contributed by atoms with Gasteiger partial charge in [0, 0.05) is 5.69 Å². The number of rotatable bonds is 5. The Hall–Kier alpha value is -2.90. The number of nitrogens with zero attached hydrogens (tertiary/aromatic N) is 1. The molecule has 1 atom stereocenters. The summed E-state index contributed by atoms with van der Waals surface area (Å²) in [6.45, 7) is 7.47. The van der Waals surface area contributed by atoms with E-state index in [1.54, 1.807) is 24.3 Å². The van der Waals surface area contributed by atoms with Gasteiger partial charge in [-0.2, -0.15) is 0 Å². The molecule has 0 unspecified atom stereocenters. The summed E-state index contributed by atoms with van der Waals surface area (Å²) in [7, 11) is 0. The predicted molar refractivity (Wildman–Crippen MR) is 115 cm³/mol. The van der Waals surface area contributed by atoms with Gasteiger partial charge in [0.2, 0.25) is 0 Å². The molecule has 2 N–H and O–H groups in total. The summed E-state index contributed by atoms with van der Waals surface area (Å²) in [5.74, 6) is -1.21. The minimum absolute atomic E-state index is 0.146. The first-order chi connectivity index (χ1) is 14.5. The summed E-state index contributed by atoms with van der Waals surface area (Å²) >= 11 is 0. The average molecular weight is 430 g/mol. The third-order valence-electron chi connectivity index (χ3n) is 6.32. The first-order valence-electron chi connectivity index (χ1n) is 10.7. The molecule has 1 saturated carbocycles. The first-order valence-corrected chi connectivity index (χ1v) is 10.7. The number of anilines is 1. The van der Waals surface area contributed by atoms with Gasteiger partial charge in [-0.1, -0.05) is 39.0 Å². The van der Waals surface area contributed by atoms with E-state index in [2.05, 4.69) is 31.4 Å². The fraction of sp³-hybridized carbons (Fsp3) is 0.565. The zero-order valence-corrected chi connectivity index (χ0v) is 18.6. The van der Waals surface area contributed by atoms with E-state index in [1.165, 1.54) is 6.92 Å². The number of amides is 4. The van der Waals surface area contributed by atoms with Gasteiger partial charge in [0.15, 0.2) is 6.10 Å². The quantitative estimate of drug-likeness (QED) is 0.553. The molecule has 3 rings (SSSR count). The molecule has 1 spiro atoms. The van der Waals surface area contributed by atoms with Crippen LogP contribution in [0.15, 0.2) is 30.3 Å². The molecular formula is C23H31N3O5. The lowest BCUT2D eigenvalue weighted by molar-refractivity contribution is -0.155. The largest absolute Gasteiger partial charge is 0.451 e. The fourth-order valence-electron chi connectivity index (χ4n) is 4.32. The number of para-hydroxylation sites is 1. The molecule has 1 aromatic rings. The molecule has 1 aliphatic heterocycles. The zero-order chi connectivity index (χ0) is 22.8. The van der Waals surface area contributed by atoms with Crippen LogP contribution in [0.25, 0.3) is 0 Å². The number of ether oxygens (including phenoxy) is 1. The van der Waals surface area contributed by atoms with Gasteiger partial charge in [0.1, 0.15) is 12.1 Å². The minimum atomic E-state index is -1.07. The SMILES string of the molecule is C[C@H](OC(=O)CN1C(=O)NC2(CCC(C(C)(C)C)CC2)C1=O)C(=O)Nc1ccccc1. The van der Waals surface area contributed by atoms with E-state index < -0.39 is 36.1 Å². The molecule has 0 bridgehead atoms. The van der Waals surface area contributed by atoms with Crippen LogP contribution in [-0.4, -0.2) is 46.9 Å². The van der Waals surface area contributed by atoms with Crippen LogP contribution >= 0.6 is 0 Å². The molecule has 1 heterocycles. The van der Waals surface area contributed by atoms with Crippen molar-refractivity contribution in [3.05, 3.63) is 30.3 Å². The van der Waals surface area contributed by atoms with Gasteiger partial charge in [0.05, 0.1) is 0 Å². The Labute approximate surface area is 182 Å². The lowest BCUT2D eigenvalue weighted by Crippen LogP contribution is -2.50. The summed E-state index contributed by atoms with van der Waals surface area (Å²) < 4.78 is 5.16. The molecular weight excluding hydrogens is 398 g/mol. The molecule has 4 amide bonds. The highest BCUT2D eigenvalue weighted by Gasteiger charge is 2.53. The summed E-state index contributed by atoms with van der Waals surface area (Å²) in [5, 5.41) is 5.45. The van der Waals surface area contributed by atoms with Crippen LogP contribution in [0.2, 0.25) is 0 Å². The molecule has 31 heavy (non-hydrogen) atoms. The molecule has 8 heteroatoms. The molecule has 2 aliphatic rings. The molecule has 0 radical (unpaired) electrons. The summed E-state index contributed by atoms with van der Waals surface area (Å²) in [6, 6.07) is 8.21. The maximum atomic E-state index is 13.0. The molecule has 168 valence electrons. The maximum Gasteiger partial charge on any atom is 0.327 e. The molecule has 1 saturated heterocycles. The van der Waals surface area contributed by atoms with Crippen LogP contribution in [0.3, 0.4) is 0 Å².